The summed E-state index contributed by atoms with van der Waals surface area (Å²) in [6, 6.07) is 0. The van der Waals surface area contributed by atoms with Crippen LogP contribution < -0.4 is 11.1 Å². The van der Waals surface area contributed by atoms with Crippen LogP contribution in [0.5, 0.6) is 0 Å². The Labute approximate surface area is 88.6 Å². The van der Waals surface area contributed by atoms with Gasteiger partial charge >= 0.3 is 0 Å². The minimum Gasteiger partial charge on any atom is -0.368 e. The quantitative estimate of drug-likeness (QED) is 0.636. The number of carbonyl (C=O) groups excluding carboxylic acids is 1. The van der Waals surface area contributed by atoms with Gasteiger partial charge in [-0.3, -0.25) is 9.69 Å². The molecule has 3 N–H and O–H groups in total. The van der Waals surface area contributed by atoms with Crippen molar-refractivity contribution < 1.29 is 4.79 Å². The van der Waals surface area contributed by atoms with Crippen LogP contribution in [0.25, 0.3) is 0 Å². The van der Waals surface area contributed by atoms with Crippen molar-refractivity contribution in [3.63, 3.8) is 0 Å². The van der Waals surface area contributed by atoms with Crippen molar-refractivity contribution in [1.82, 2.24) is 10.2 Å². The maximum absolute atomic E-state index is 11.6. The highest BCUT2D eigenvalue weighted by atomic mass is 32.2. The highest BCUT2D eigenvalue weighted by molar-refractivity contribution is 7.99. The van der Waals surface area contributed by atoms with Gasteiger partial charge < -0.3 is 11.1 Å². The van der Waals surface area contributed by atoms with Crippen LogP contribution in [-0.4, -0.2) is 54.0 Å². The number of rotatable bonds is 2. The van der Waals surface area contributed by atoms with Crippen LogP contribution in [0.3, 0.4) is 0 Å². The van der Waals surface area contributed by atoms with E-state index in [2.05, 4.69) is 10.2 Å². The molecule has 0 radical (unpaired) electrons. The summed E-state index contributed by atoms with van der Waals surface area (Å²) in [5.41, 5.74) is 5.21. The van der Waals surface area contributed by atoms with Crippen LogP contribution in [0, 0.1) is 0 Å². The summed E-state index contributed by atoms with van der Waals surface area (Å²) in [5.74, 6) is 1.80. The zero-order valence-electron chi connectivity index (χ0n) is 8.29. The first-order valence-electron chi connectivity index (χ1n) is 5.09. The summed E-state index contributed by atoms with van der Waals surface area (Å²) < 4.78 is 0. The summed E-state index contributed by atoms with van der Waals surface area (Å²) >= 11 is 1.84. The molecule has 1 unspecified atom stereocenters. The third-order valence-electron chi connectivity index (χ3n) is 3.18. The van der Waals surface area contributed by atoms with Gasteiger partial charge in [-0.05, 0) is 12.2 Å². The number of hydrogen-bond acceptors (Lipinski definition) is 4. The molecule has 2 saturated heterocycles. The van der Waals surface area contributed by atoms with Crippen molar-refractivity contribution in [3.8, 4) is 0 Å². The molecule has 2 heterocycles. The highest BCUT2D eigenvalue weighted by Crippen LogP contribution is 2.33. The largest absolute Gasteiger partial charge is 0.368 e. The zero-order chi connectivity index (χ0) is 10.0. The molecule has 4 nitrogen and oxygen atoms in total. The van der Waals surface area contributed by atoms with Crippen LogP contribution in [0.15, 0.2) is 0 Å². The number of hydrogen-bond donors (Lipinski definition) is 2. The van der Waals surface area contributed by atoms with Crippen molar-refractivity contribution in [2.24, 2.45) is 5.73 Å². The Hall–Kier alpha value is -0.260. The van der Waals surface area contributed by atoms with E-state index in [9.17, 15) is 4.79 Å². The number of amides is 1. The molecule has 0 saturated carbocycles. The molecule has 2 aliphatic rings. The maximum atomic E-state index is 11.6. The number of nitrogens with zero attached hydrogens (tertiary/aromatic N) is 1. The average Bonchev–Trinajstić information content (AvgIpc) is 2.69. The normalized spacial score (nSPS) is 34.6. The Morgan fingerprint density at radius 1 is 1.43 bits per heavy atom. The van der Waals surface area contributed by atoms with E-state index in [0.29, 0.717) is 0 Å². The van der Waals surface area contributed by atoms with Crippen LogP contribution >= 0.6 is 11.8 Å². The highest BCUT2D eigenvalue weighted by Gasteiger charge is 2.45. The van der Waals surface area contributed by atoms with E-state index in [-0.39, 0.29) is 11.4 Å². The predicted molar refractivity (Wildman–Crippen MR) is 58.3 cm³/mol. The molecule has 1 atom stereocenters. The number of carbonyl (C=O) groups is 1. The summed E-state index contributed by atoms with van der Waals surface area (Å²) in [5, 5.41) is 3.29. The lowest BCUT2D eigenvalue weighted by Gasteiger charge is -2.40. The third-order valence-corrected chi connectivity index (χ3v) is 4.36. The topological polar surface area (TPSA) is 58.4 Å². The van der Waals surface area contributed by atoms with E-state index in [1.807, 2.05) is 11.8 Å². The van der Waals surface area contributed by atoms with Crippen molar-refractivity contribution in [2.75, 3.05) is 37.7 Å². The second-order valence-corrected chi connectivity index (χ2v) is 5.04. The van der Waals surface area contributed by atoms with Crippen molar-refractivity contribution in [3.05, 3.63) is 0 Å². The SMILES string of the molecule is NC(=O)C1(N2CCNCC2)CCSC1. The monoisotopic (exact) mass is 215 g/mol. The van der Waals surface area contributed by atoms with Crippen molar-refractivity contribution in [2.45, 2.75) is 12.0 Å². The molecule has 2 aliphatic heterocycles. The molecule has 0 aromatic carbocycles. The molecule has 0 aromatic heterocycles. The standard InChI is InChI=1S/C9H17N3OS/c10-8(13)9(1-6-14-7-9)12-4-2-11-3-5-12/h11H,1-7H2,(H2,10,13). The van der Waals surface area contributed by atoms with E-state index < -0.39 is 0 Å². The number of nitrogens with two attached hydrogens (primary N) is 1. The van der Waals surface area contributed by atoms with Gasteiger partial charge in [-0.2, -0.15) is 11.8 Å². The van der Waals surface area contributed by atoms with Crippen LogP contribution in [-0.2, 0) is 4.79 Å². The van der Waals surface area contributed by atoms with Gasteiger partial charge in [0.05, 0.1) is 0 Å². The molecular formula is C9H17N3OS. The summed E-state index contributed by atoms with van der Waals surface area (Å²) in [4.78, 5) is 13.8. The molecule has 0 spiro atoms. The van der Waals surface area contributed by atoms with Crippen LogP contribution in [0.4, 0.5) is 0 Å². The van der Waals surface area contributed by atoms with E-state index in [0.717, 1.165) is 44.1 Å². The lowest BCUT2D eigenvalue weighted by molar-refractivity contribution is -0.129. The lowest BCUT2D eigenvalue weighted by atomic mass is 9.95. The van der Waals surface area contributed by atoms with E-state index >= 15 is 0 Å². The van der Waals surface area contributed by atoms with Gasteiger partial charge in [-0.1, -0.05) is 0 Å². The van der Waals surface area contributed by atoms with Crippen LogP contribution in [0.2, 0.25) is 0 Å². The third kappa shape index (κ3) is 1.64. The second kappa shape index (κ2) is 4.08. The molecule has 2 rings (SSSR count). The average molecular weight is 215 g/mol. The predicted octanol–water partition coefficient (Wildman–Crippen LogP) is -0.747. The van der Waals surface area contributed by atoms with E-state index in [4.69, 9.17) is 5.73 Å². The zero-order valence-corrected chi connectivity index (χ0v) is 9.11. The smallest absolute Gasteiger partial charge is 0.238 e. The first kappa shape index (κ1) is 10.3. The van der Waals surface area contributed by atoms with E-state index in [1.165, 1.54) is 0 Å². The molecule has 1 amide bonds. The molecule has 5 heteroatoms. The minimum absolute atomic E-state index is 0.135. The van der Waals surface area contributed by atoms with Gasteiger partial charge in [-0.25, -0.2) is 0 Å². The Balaban J connectivity index is 2.12. The fourth-order valence-corrected chi connectivity index (χ4v) is 3.68. The van der Waals surface area contributed by atoms with Gasteiger partial charge in [0.2, 0.25) is 5.91 Å². The summed E-state index contributed by atoms with van der Waals surface area (Å²) in [6.07, 6.45) is 0.924. The lowest BCUT2D eigenvalue weighted by Crippen LogP contribution is -2.62. The molecule has 0 bridgehead atoms. The molecule has 14 heavy (non-hydrogen) atoms. The van der Waals surface area contributed by atoms with Gasteiger partial charge in [0.1, 0.15) is 5.54 Å². The Kier molecular flexibility index (Phi) is 2.99. The Bertz CT molecular complexity index is 222. The van der Waals surface area contributed by atoms with Gasteiger partial charge in [0.15, 0.2) is 0 Å². The number of thioether (sulfide) groups is 1. The van der Waals surface area contributed by atoms with Gasteiger partial charge in [0, 0.05) is 31.9 Å². The summed E-state index contributed by atoms with van der Waals surface area (Å²) in [7, 11) is 0. The first-order valence-corrected chi connectivity index (χ1v) is 6.25. The first-order chi connectivity index (χ1) is 6.76. The van der Waals surface area contributed by atoms with Crippen molar-refractivity contribution in [1.29, 1.82) is 0 Å². The molecule has 0 aromatic rings. The van der Waals surface area contributed by atoms with E-state index in [1.54, 1.807) is 0 Å². The maximum Gasteiger partial charge on any atom is 0.238 e. The minimum atomic E-state index is -0.341. The molecular weight excluding hydrogens is 198 g/mol. The fourth-order valence-electron chi connectivity index (χ4n) is 2.25. The summed E-state index contributed by atoms with van der Waals surface area (Å²) in [6.45, 7) is 3.84. The number of primary amides is 1. The number of nitrogens with one attached hydrogen (secondary N) is 1. The van der Waals surface area contributed by atoms with Gasteiger partial charge in [-0.15, -0.1) is 0 Å². The Morgan fingerprint density at radius 3 is 2.64 bits per heavy atom. The fraction of sp³-hybridized carbons (Fsp3) is 0.889. The van der Waals surface area contributed by atoms with Crippen molar-refractivity contribution >= 4 is 17.7 Å². The van der Waals surface area contributed by atoms with Crippen LogP contribution in [0.1, 0.15) is 6.42 Å². The van der Waals surface area contributed by atoms with Gasteiger partial charge in [0.25, 0.3) is 0 Å². The Morgan fingerprint density at radius 2 is 2.14 bits per heavy atom. The second-order valence-electron chi connectivity index (χ2n) is 3.94. The number of piperazine rings is 1. The molecule has 0 aliphatic carbocycles. The molecule has 2 fully saturated rings. The molecule has 80 valence electrons.